The molecule has 1 N–H and O–H groups in total. The van der Waals surface area contributed by atoms with E-state index >= 15 is 0 Å². The summed E-state index contributed by atoms with van der Waals surface area (Å²) < 4.78 is 0. The predicted octanol–water partition coefficient (Wildman–Crippen LogP) is 4.11. The van der Waals surface area contributed by atoms with Crippen LogP contribution in [0, 0.1) is 30.1 Å². The van der Waals surface area contributed by atoms with Crippen LogP contribution in [-0.4, -0.2) is 5.11 Å². The summed E-state index contributed by atoms with van der Waals surface area (Å²) in [5, 5.41) is 9.61. The van der Waals surface area contributed by atoms with Gasteiger partial charge in [-0.25, -0.2) is 0 Å². The topological polar surface area (TPSA) is 20.2 Å². The van der Waals surface area contributed by atoms with Crippen molar-refractivity contribution >= 4 is 0 Å². The van der Waals surface area contributed by atoms with Gasteiger partial charge in [-0.1, -0.05) is 13.0 Å². The summed E-state index contributed by atoms with van der Waals surface area (Å²) in [6.45, 7) is 2.19. The van der Waals surface area contributed by atoms with Crippen LogP contribution in [0.2, 0.25) is 0 Å². The van der Waals surface area contributed by atoms with Crippen molar-refractivity contribution < 1.29 is 5.11 Å². The van der Waals surface area contributed by atoms with Crippen LogP contribution in [0.1, 0.15) is 49.7 Å². The number of phenols is 1. The first-order chi connectivity index (χ1) is 9.19. The summed E-state index contributed by atoms with van der Waals surface area (Å²) >= 11 is 0. The van der Waals surface area contributed by atoms with Gasteiger partial charge in [0.25, 0.3) is 0 Å². The Bertz CT molecular complexity index is 511. The third kappa shape index (κ3) is 2.25. The number of rotatable bonds is 1. The highest BCUT2D eigenvalue weighted by Gasteiger charge is 2.36. The van der Waals surface area contributed by atoms with E-state index in [4.69, 9.17) is 6.42 Å². The lowest BCUT2D eigenvalue weighted by Crippen LogP contribution is -2.30. The van der Waals surface area contributed by atoms with Crippen molar-refractivity contribution in [3.8, 4) is 18.1 Å². The molecule has 0 aromatic heterocycles. The monoisotopic (exact) mass is 254 g/mol. The molecule has 19 heavy (non-hydrogen) atoms. The van der Waals surface area contributed by atoms with Gasteiger partial charge in [0.05, 0.1) is 0 Å². The molecular formula is C18H22O. The molecule has 0 spiro atoms. The Morgan fingerprint density at radius 1 is 1.32 bits per heavy atom. The molecule has 2 aliphatic rings. The highest BCUT2D eigenvalue weighted by atomic mass is 16.3. The lowest BCUT2D eigenvalue weighted by Gasteiger charge is -2.41. The third-order valence-corrected chi connectivity index (χ3v) is 5.30. The van der Waals surface area contributed by atoms with E-state index in [2.05, 4.69) is 18.9 Å². The molecule has 0 saturated heterocycles. The summed E-state index contributed by atoms with van der Waals surface area (Å²) in [5.74, 6) is 5.96. The number of aromatic hydroxyl groups is 1. The van der Waals surface area contributed by atoms with Gasteiger partial charge in [-0.05, 0) is 73.1 Å². The molecule has 0 aliphatic heterocycles. The van der Waals surface area contributed by atoms with Crippen LogP contribution >= 0.6 is 0 Å². The first kappa shape index (κ1) is 12.6. The maximum Gasteiger partial charge on any atom is 0.115 e. The van der Waals surface area contributed by atoms with Gasteiger partial charge in [-0.15, -0.1) is 12.3 Å². The van der Waals surface area contributed by atoms with Crippen molar-refractivity contribution in [3.05, 3.63) is 29.3 Å². The fourth-order valence-electron chi connectivity index (χ4n) is 4.13. The molecule has 1 heteroatoms. The van der Waals surface area contributed by atoms with Crippen LogP contribution < -0.4 is 0 Å². The SMILES string of the molecule is C#C[C@H](C)[C@H]1CCC2c3ccc(O)cc3CCC2C1. The maximum atomic E-state index is 9.61. The third-order valence-electron chi connectivity index (χ3n) is 5.30. The smallest absolute Gasteiger partial charge is 0.115 e. The van der Waals surface area contributed by atoms with Crippen molar-refractivity contribution in [3.63, 3.8) is 0 Å². The number of aryl methyl sites for hydroxylation is 1. The van der Waals surface area contributed by atoms with Crippen LogP contribution in [0.15, 0.2) is 18.2 Å². The number of hydrogen-bond acceptors (Lipinski definition) is 1. The Labute approximate surface area is 116 Å². The lowest BCUT2D eigenvalue weighted by atomic mass is 9.63. The molecule has 1 aromatic rings. The van der Waals surface area contributed by atoms with Crippen LogP contribution in [-0.2, 0) is 6.42 Å². The van der Waals surface area contributed by atoms with Crippen LogP contribution in [0.5, 0.6) is 5.75 Å². The number of terminal acetylenes is 1. The molecule has 0 amide bonds. The highest BCUT2D eigenvalue weighted by Crippen LogP contribution is 2.48. The fourth-order valence-corrected chi connectivity index (χ4v) is 4.13. The van der Waals surface area contributed by atoms with E-state index in [1.165, 1.54) is 36.8 Å². The van der Waals surface area contributed by atoms with Gasteiger partial charge in [0.15, 0.2) is 0 Å². The first-order valence-corrected chi connectivity index (χ1v) is 7.47. The van der Waals surface area contributed by atoms with Gasteiger partial charge < -0.3 is 5.11 Å². The summed E-state index contributed by atoms with van der Waals surface area (Å²) in [6, 6.07) is 5.95. The van der Waals surface area contributed by atoms with E-state index in [9.17, 15) is 5.11 Å². The zero-order chi connectivity index (χ0) is 13.4. The van der Waals surface area contributed by atoms with Crippen molar-refractivity contribution in [2.24, 2.45) is 17.8 Å². The molecular weight excluding hydrogens is 232 g/mol. The Kier molecular flexibility index (Phi) is 3.27. The normalized spacial score (nSPS) is 30.8. The highest BCUT2D eigenvalue weighted by molar-refractivity contribution is 5.39. The molecule has 0 radical (unpaired) electrons. The fraction of sp³-hybridized carbons (Fsp3) is 0.556. The number of fused-ring (bicyclic) bond motifs is 3. The zero-order valence-electron chi connectivity index (χ0n) is 11.6. The molecule has 2 aliphatic carbocycles. The summed E-state index contributed by atoms with van der Waals surface area (Å²) in [7, 11) is 0. The standard InChI is InChI=1S/C18H22O/c1-3-12(2)13-6-8-17-14(10-13)4-5-15-11-16(19)7-9-18(15)17/h1,7,9,11-14,17,19H,4-6,8,10H2,2H3/t12-,13-,14?,17?/m0/s1. The Morgan fingerprint density at radius 3 is 2.95 bits per heavy atom. The van der Waals surface area contributed by atoms with Crippen molar-refractivity contribution in [2.45, 2.75) is 44.9 Å². The second-order valence-corrected chi connectivity index (χ2v) is 6.32. The minimum atomic E-state index is 0.409. The number of hydrogen-bond donors (Lipinski definition) is 1. The minimum absolute atomic E-state index is 0.409. The Morgan fingerprint density at radius 2 is 2.16 bits per heavy atom. The van der Waals surface area contributed by atoms with Crippen molar-refractivity contribution in [2.75, 3.05) is 0 Å². The lowest BCUT2D eigenvalue weighted by molar-refractivity contribution is 0.186. The molecule has 3 rings (SSSR count). The molecule has 1 fully saturated rings. The predicted molar refractivity (Wildman–Crippen MR) is 78.0 cm³/mol. The van der Waals surface area contributed by atoms with E-state index in [1.807, 2.05) is 12.1 Å². The largest absolute Gasteiger partial charge is 0.508 e. The van der Waals surface area contributed by atoms with Crippen LogP contribution in [0.3, 0.4) is 0 Å². The summed E-state index contributed by atoms with van der Waals surface area (Å²) in [4.78, 5) is 0. The first-order valence-electron chi connectivity index (χ1n) is 7.47. The number of phenolic OH excluding ortho intramolecular Hbond substituents is 1. The van der Waals surface area contributed by atoms with Crippen molar-refractivity contribution in [1.82, 2.24) is 0 Å². The summed E-state index contributed by atoms with van der Waals surface area (Å²) in [5.41, 5.74) is 2.85. The van der Waals surface area contributed by atoms with E-state index < -0.39 is 0 Å². The Hall–Kier alpha value is -1.42. The second-order valence-electron chi connectivity index (χ2n) is 6.32. The van der Waals surface area contributed by atoms with Gasteiger partial charge >= 0.3 is 0 Å². The average Bonchev–Trinajstić information content (AvgIpc) is 2.45. The number of benzene rings is 1. The maximum absolute atomic E-state index is 9.61. The summed E-state index contributed by atoms with van der Waals surface area (Å²) in [6.07, 6.45) is 11.8. The molecule has 1 nitrogen and oxygen atoms in total. The van der Waals surface area contributed by atoms with Gasteiger partial charge in [0.2, 0.25) is 0 Å². The van der Waals surface area contributed by atoms with E-state index in [-0.39, 0.29) is 0 Å². The second kappa shape index (κ2) is 4.93. The average molecular weight is 254 g/mol. The van der Waals surface area contributed by atoms with Gasteiger partial charge in [0.1, 0.15) is 5.75 Å². The molecule has 1 saturated carbocycles. The molecule has 1 aromatic carbocycles. The minimum Gasteiger partial charge on any atom is -0.508 e. The zero-order valence-corrected chi connectivity index (χ0v) is 11.6. The van der Waals surface area contributed by atoms with Crippen molar-refractivity contribution in [1.29, 1.82) is 0 Å². The molecule has 2 unspecified atom stereocenters. The molecule has 4 atom stereocenters. The van der Waals surface area contributed by atoms with Crippen LogP contribution in [0.4, 0.5) is 0 Å². The molecule has 0 heterocycles. The van der Waals surface area contributed by atoms with E-state index in [1.54, 1.807) is 0 Å². The molecule has 0 bridgehead atoms. The van der Waals surface area contributed by atoms with Gasteiger partial charge in [-0.3, -0.25) is 0 Å². The van der Waals surface area contributed by atoms with Gasteiger partial charge in [-0.2, -0.15) is 0 Å². The van der Waals surface area contributed by atoms with E-state index in [0.717, 1.165) is 12.3 Å². The Balaban J connectivity index is 1.82. The quantitative estimate of drug-likeness (QED) is 0.748. The van der Waals surface area contributed by atoms with E-state index in [0.29, 0.717) is 23.5 Å². The van der Waals surface area contributed by atoms with Crippen LogP contribution in [0.25, 0.3) is 0 Å². The van der Waals surface area contributed by atoms with Gasteiger partial charge in [0, 0.05) is 5.92 Å². The molecule has 100 valence electrons.